The molecule has 6 nitrogen and oxygen atoms in total. The number of carbonyl (C=O) groups excluding carboxylic acids is 1. The van der Waals surface area contributed by atoms with Crippen molar-refractivity contribution in [1.29, 1.82) is 0 Å². The highest BCUT2D eigenvalue weighted by atomic mass is 32.2. The van der Waals surface area contributed by atoms with E-state index in [-0.39, 0.29) is 24.9 Å². The predicted octanol–water partition coefficient (Wildman–Crippen LogP) is 3.43. The van der Waals surface area contributed by atoms with Gasteiger partial charge in [0.25, 0.3) is 0 Å². The largest absolute Gasteiger partial charge is 0.496 e. The molecule has 28 heavy (non-hydrogen) atoms. The first kappa shape index (κ1) is 21.8. The van der Waals surface area contributed by atoms with Crippen LogP contribution in [0.5, 0.6) is 5.75 Å². The van der Waals surface area contributed by atoms with Crippen LogP contribution in [0.2, 0.25) is 0 Å². The number of nitrogens with zero attached hydrogens (tertiary/aromatic N) is 1. The molecule has 7 heteroatoms. The fourth-order valence-corrected chi connectivity index (χ4v) is 4.13. The van der Waals surface area contributed by atoms with E-state index >= 15 is 0 Å². The standard InChI is InChI=1S/C21H28N2O4S/c1-16-10-5-7-12-19(16)23(28(4,25)26)15-9-14-21(24)22-17(2)18-11-6-8-13-20(18)27-3/h5-8,10-13,17H,9,14-15H2,1-4H3,(H,22,24)/t17-/m0/s1. The number of carbonyl (C=O) groups is 1. The lowest BCUT2D eigenvalue weighted by molar-refractivity contribution is -0.121. The number of methoxy groups -OCH3 is 1. The van der Waals surface area contributed by atoms with Crippen LogP contribution in [0.25, 0.3) is 0 Å². The van der Waals surface area contributed by atoms with E-state index < -0.39 is 10.0 Å². The molecule has 1 amide bonds. The third-order valence-corrected chi connectivity index (χ3v) is 5.71. The summed E-state index contributed by atoms with van der Waals surface area (Å²) < 4.78 is 31.1. The zero-order chi connectivity index (χ0) is 20.7. The van der Waals surface area contributed by atoms with E-state index in [0.717, 1.165) is 16.9 Å². The van der Waals surface area contributed by atoms with E-state index in [4.69, 9.17) is 4.74 Å². The number of sulfonamides is 1. The van der Waals surface area contributed by atoms with Gasteiger partial charge in [0.15, 0.2) is 0 Å². The van der Waals surface area contributed by atoms with Gasteiger partial charge in [-0.3, -0.25) is 9.10 Å². The fraction of sp³-hybridized carbons (Fsp3) is 0.381. The van der Waals surface area contributed by atoms with Crippen LogP contribution in [0, 0.1) is 6.92 Å². The Kier molecular flexibility index (Phi) is 7.45. The van der Waals surface area contributed by atoms with Crippen molar-refractivity contribution < 1.29 is 17.9 Å². The number of aryl methyl sites for hydroxylation is 1. The Labute approximate surface area is 167 Å². The zero-order valence-corrected chi connectivity index (χ0v) is 17.6. The maximum absolute atomic E-state index is 12.3. The molecule has 0 aromatic heterocycles. The molecular formula is C21H28N2O4S. The topological polar surface area (TPSA) is 75.7 Å². The molecule has 2 aromatic rings. The summed E-state index contributed by atoms with van der Waals surface area (Å²) in [5, 5.41) is 2.95. The number of ether oxygens (including phenoxy) is 1. The van der Waals surface area contributed by atoms with Gasteiger partial charge < -0.3 is 10.1 Å². The fourth-order valence-electron chi connectivity index (χ4n) is 3.11. The van der Waals surface area contributed by atoms with Gasteiger partial charge in [-0.25, -0.2) is 8.42 Å². The Morgan fingerprint density at radius 2 is 1.79 bits per heavy atom. The molecule has 0 heterocycles. The molecular weight excluding hydrogens is 376 g/mol. The molecule has 0 saturated carbocycles. The first-order chi connectivity index (χ1) is 13.2. The molecule has 2 rings (SSSR count). The van der Waals surface area contributed by atoms with Crippen molar-refractivity contribution >= 4 is 21.6 Å². The van der Waals surface area contributed by atoms with Gasteiger partial charge in [-0.15, -0.1) is 0 Å². The molecule has 0 saturated heterocycles. The lowest BCUT2D eigenvalue weighted by Gasteiger charge is -2.24. The molecule has 0 spiro atoms. The van der Waals surface area contributed by atoms with Gasteiger partial charge >= 0.3 is 0 Å². The summed E-state index contributed by atoms with van der Waals surface area (Å²) in [5.74, 6) is 0.592. The number of hydrogen-bond donors (Lipinski definition) is 1. The van der Waals surface area contributed by atoms with Crippen molar-refractivity contribution in [2.24, 2.45) is 0 Å². The third-order valence-electron chi connectivity index (χ3n) is 4.53. The van der Waals surface area contributed by atoms with Crippen molar-refractivity contribution in [1.82, 2.24) is 5.32 Å². The second-order valence-electron chi connectivity index (χ2n) is 6.76. The van der Waals surface area contributed by atoms with Crippen molar-refractivity contribution in [3.63, 3.8) is 0 Å². The van der Waals surface area contributed by atoms with E-state index in [1.165, 1.54) is 10.6 Å². The zero-order valence-electron chi connectivity index (χ0n) is 16.8. The second-order valence-corrected chi connectivity index (χ2v) is 8.66. The highest BCUT2D eigenvalue weighted by Crippen LogP contribution is 2.25. The molecule has 0 aliphatic carbocycles. The lowest BCUT2D eigenvalue weighted by atomic mass is 10.1. The Hall–Kier alpha value is -2.54. The third kappa shape index (κ3) is 5.73. The van der Waals surface area contributed by atoms with Crippen molar-refractivity contribution in [3.05, 3.63) is 59.7 Å². The minimum absolute atomic E-state index is 0.128. The van der Waals surface area contributed by atoms with E-state index in [1.807, 2.05) is 56.3 Å². The number of anilines is 1. The van der Waals surface area contributed by atoms with Gasteiger partial charge in [0.2, 0.25) is 15.9 Å². The maximum atomic E-state index is 12.3. The molecule has 0 aliphatic rings. The van der Waals surface area contributed by atoms with Gasteiger partial charge in [0.1, 0.15) is 5.75 Å². The van der Waals surface area contributed by atoms with Crippen LogP contribution in [-0.2, 0) is 14.8 Å². The summed E-state index contributed by atoms with van der Waals surface area (Å²) in [4.78, 5) is 12.3. The molecule has 1 atom stereocenters. The Balaban J connectivity index is 1.97. The molecule has 2 aromatic carbocycles. The van der Waals surface area contributed by atoms with Crippen LogP contribution in [0.3, 0.4) is 0 Å². The molecule has 1 N–H and O–H groups in total. The van der Waals surface area contributed by atoms with E-state index in [9.17, 15) is 13.2 Å². The molecule has 152 valence electrons. The molecule has 0 aliphatic heterocycles. The number of hydrogen-bond acceptors (Lipinski definition) is 4. The van der Waals surface area contributed by atoms with Gasteiger partial charge in [0.05, 0.1) is 25.1 Å². The molecule has 0 fully saturated rings. The lowest BCUT2D eigenvalue weighted by Crippen LogP contribution is -2.33. The SMILES string of the molecule is COc1ccccc1[C@H](C)NC(=O)CCCN(c1ccccc1C)S(C)(=O)=O. The Morgan fingerprint density at radius 1 is 1.14 bits per heavy atom. The van der Waals surface area contributed by atoms with Gasteiger partial charge in [-0.2, -0.15) is 0 Å². The second kappa shape index (κ2) is 9.59. The average molecular weight is 405 g/mol. The van der Waals surface area contributed by atoms with E-state index in [2.05, 4.69) is 5.32 Å². The van der Waals surface area contributed by atoms with Crippen LogP contribution in [0.1, 0.15) is 36.9 Å². The Bertz CT molecular complexity index is 912. The van der Waals surface area contributed by atoms with Gasteiger partial charge in [-0.1, -0.05) is 36.4 Å². The quantitative estimate of drug-likeness (QED) is 0.695. The van der Waals surface area contributed by atoms with Crippen LogP contribution in [0.15, 0.2) is 48.5 Å². The molecule has 0 unspecified atom stereocenters. The summed E-state index contributed by atoms with van der Waals surface area (Å²) in [7, 11) is -1.83. The normalized spacial score (nSPS) is 12.3. The number of benzene rings is 2. The number of para-hydroxylation sites is 2. The smallest absolute Gasteiger partial charge is 0.232 e. The summed E-state index contributed by atoms with van der Waals surface area (Å²) in [6, 6.07) is 14.7. The van der Waals surface area contributed by atoms with Crippen molar-refractivity contribution in [2.45, 2.75) is 32.7 Å². The van der Waals surface area contributed by atoms with E-state index in [1.54, 1.807) is 13.2 Å². The monoisotopic (exact) mass is 404 g/mol. The van der Waals surface area contributed by atoms with Crippen LogP contribution in [0.4, 0.5) is 5.69 Å². The van der Waals surface area contributed by atoms with E-state index in [0.29, 0.717) is 12.1 Å². The maximum Gasteiger partial charge on any atom is 0.232 e. The summed E-state index contributed by atoms with van der Waals surface area (Å²) in [5.41, 5.74) is 2.42. The minimum Gasteiger partial charge on any atom is -0.496 e. The summed E-state index contributed by atoms with van der Waals surface area (Å²) in [6.07, 6.45) is 1.84. The summed E-state index contributed by atoms with van der Waals surface area (Å²) in [6.45, 7) is 4.02. The minimum atomic E-state index is -3.43. The highest BCUT2D eigenvalue weighted by Gasteiger charge is 2.19. The van der Waals surface area contributed by atoms with Crippen molar-refractivity contribution in [2.75, 3.05) is 24.2 Å². The molecule has 0 bridgehead atoms. The Morgan fingerprint density at radius 3 is 2.43 bits per heavy atom. The van der Waals surface area contributed by atoms with Gasteiger partial charge in [0, 0.05) is 18.5 Å². The first-order valence-electron chi connectivity index (χ1n) is 9.19. The van der Waals surface area contributed by atoms with Crippen LogP contribution >= 0.6 is 0 Å². The van der Waals surface area contributed by atoms with Crippen LogP contribution < -0.4 is 14.4 Å². The first-order valence-corrected chi connectivity index (χ1v) is 11.0. The van der Waals surface area contributed by atoms with Gasteiger partial charge in [-0.05, 0) is 38.0 Å². The van der Waals surface area contributed by atoms with Crippen LogP contribution in [-0.4, -0.2) is 34.2 Å². The summed E-state index contributed by atoms with van der Waals surface area (Å²) >= 11 is 0. The number of amides is 1. The van der Waals surface area contributed by atoms with Crippen molar-refractivity contribution in [3.8, 4) is 5.75 Å². The average Bonchev–Trinajstić information content (AvgIpc) is 2.65. The molecule has 0 radical (unpaired) electrons. The highest BCUT2D eigenvalue weighted by molar-refractivity contribution is 7.92. The number of rotatable bonds is 9. The number of nitrogens with one attached hydrogen (secondary N) is 1. The predicted molar refractivity (Wildman–Crippen MR) is 112 cm³/mol.